The first-order valence-electron chi connectivity index (χ1n) is 4.09. The molecule has 0 spiro atoms. The summed E-state index contributed by atoms with van der Waals surface area (Å²) in [4.78, 5) is -1.43. The van der Waals surface area contributed by atoms with Crippen molar-refractivity contribution in [3.8, 4) is 0 Å². The number of hydrogen-bond acceptors (Lipinski definition) is 6. The zero-order chi connectivity index (χ0) is 14.8. The molecule has 0 saturated heterocycles. The van der Waals surface area contributed by atoms with Gasteiger partial charge in [-0.25, -0.2) is 17.6 Å². The number of rotatable bonds is 5. The van der Waals surface area contributed by atoms with Gasteiger partial charge in [0.25, 0.3) is 0 Å². The molecule has 12 heteroatoms. The van der Waals surface area contributed by atoms with E-state index in [1.54, 1.807) is 0 Å². The largest absolute Gasteiger partial charge is 0.691 e. The van der Waals surface area contributed by atoms with E-state index in [0.29, 0.717) is 0 Å². The summed E-state index contributed by atoms with van der Waals surface area (Å²) in [5.41, 5.74) is -1.65. The Morgan fingerprint density at radius 2 is 1.53 bits per heavy atom. The van der Waals surface area contributed by atoms with Crippen LogP contribution in [0, 0.1) is 23.3 Å². The summed E-state index contributed by atoms with van der Waals surface area (Å²) >= 11 is -0.479. The molecule has 0 N–H and O–H groups in total. The van der Waals surface area contributed by atoms with Gasteiger partial charge in [-0.15, -0.1) is 3.89 Å². The van der Waals surface area contributed by atoms with Crippen LogP contribution in [0.2, 0.25) is 0 Å². The molecule has 1 aromatic carbocycles. The molecule has 108 valence electrons. The molecule has 0 amide bonds. The molecule has 0 unspecified atom stereocenters. The Hall–Kier alpha value is -0.950. The average Bonchev–Trinajstić information content (AvgIpc) is 2.31. The van der Waals surface area contributed by atoms with Gasteiger partial charge in [0, 0.05) is 5.56 Å². The van der Waals surface area contributed by atoms with Gasteiger partial charge in [0.05, 0.1) is 12.0 Å². The third-order valence-electron chi connectivity index (χ3n) is 1.78. The second kappa shape index (κ2) is 6.00. The molecule has 0 aromatic heterocycles. The molecule has 0 aliphatic carbocycles. The van der Waals surface area contributed by atoms with Crippen molar-refractivity contribution in [2.24, 2.45) is 0 Å². The van der Waals surface area contributed by atoms with Crippen LogP contribution in [0.25, 0.3) is 0 Å². The molecule has 0 aliphatic heterocycles. The molecule has 0 heterocycles. The SMILES string of the molecule is O=S(=O)(F)Cc1c(F)c(F)c(SOO[O-])c(F)c1F. The summed E-state index contributed by atoms with van der Waals surface area (Å²) in [5.74, 6) is -10.3. The Labute approximate surface area is 107 Å². The zero-order valence-electron chi connectivity index (χ0n) is 8.45. The monoisotopic (exact) mass is 325 g/mol. The lowest BCUT2D eigenvalue weighted by Crippen LogP contribution is -2.10. The first-order valence-corrected chi connectivity index (χ1v) is 6.38. The minimum Gasteiger partial charge on any atom is -0.691 e. The molecule has 0 radical (unpaired) electrons. The van der Waals surface area contributed by atoms with E-state index in [1.807, 2.05) is 0 Å². The highest BCUT2D eigenvalue weighted by Gasteiger charge is 2.29. The highest BCUT2D eigenvalue weighted by atomic mass is 32.3. The van der Waals surface area contributed by atoms with Crippen molar-refractivity contribution >= 4 is 22.3 Å². The standard InChI is InChI=1S/C7H3F5O5S2/c8-3-2(1-19(12,14)15)4(9)6(11)7(5(3)10)18-17-16-13/h13H,1H2/p-1. The molecule has 5 nitrogen and oxygen atoms in total. The van der Waals surface area contributed by atoms with Crippen molar-refractivity contribution < 1.29 is 44.5 Å². The number of benzene rings is 1. The Kier molecular flexibility index (Phi) is 5.09. The molecular formula is C7H2F5O5S2-. The predicted octanol–water partition coefficient (Wildman–Crippen LogP) is 1.27. The lowest BCUT2D eigenvalue weighted by atomic mass is 10.2. The van der Waals surface area contributed by atoms with Crippen LogP contribution in [0.4, 0.5) is 21.4 Å². The van der Waals surface area contributed by atoms with Gasteiger partial charge in [0.2, 0.25) is 0 Å². The average molecular weight is 325 g/mol. The molecular weight excluding hydrogens is 323 g/mol. The zero-order valence-corrected chi connectivity index (χ0v) is 10.1. The van der Waals surface area contributed by atoms with Crippen LogP contribution in [-0.4, -0.2) is 8.42 Å². The summed E-state index contributed by atoms with van der Waals surface area (Å²) in [6.07, 6.45) is 0. The van der Waals surface area contributed by atoms with Gasteiger partial charge in [0.15, 0.2) is 23.3 Å². The van der Waals surface area contributed by atoms with Crippen LogP contribution in [0.3, 0.4) is 0 Å². The molecule has 1 aromatic rings. The molecule has 0 saturated carbocycles. The molecule has 0 aliphatic rings. The molecule has 0 fully saturated rings. The highest BCUT2D eigenvalue weighted by molar-refractivity contribution is 7.94. The Balaban J connectivity index is 3.38. The second-order valence-electron chi connectivity index (χ2n) is 2.97. The van der Waals surface area contributed by atoms with Crippen LogP contribution in [0.5, 0.6) is 0 Å². The maximum atomic E-state index is 13.3. The maximum Gasteiger partial charge on any atom is 0.306 e. The maximum absolute atomic E-state index is 13.3. The normalized spacial score (nSPS) is 11.9. The fraction of sp³-hybridized carbons (Fsp3) is 0.143. The Morgan fingerprint density at radius 3 is 1.89 bits per heavy atom. The van der Waals surface area contributed by atoms with Crippen LogP contribution in [0.1, 0.15) is 5.56 Å². The summed E-state index contributed by atoms with van der Waals surface area (Å²) in [7, 11) is -5.41. The third-order valence-corrected chi connectivity index (χ3v) is 3.06. The first kappa shape index (κ1) is 16.1. The van der Waals surface area contributed by atoms with Crippen molar-refractivity contribution in [3.05, 3.63) is 28.8 Å². The molecule has 0 bridgehead atoms. The minimum absolute atomic E-state index is 0.479. The van der Waals surface area contributed by atoms with E-state index in [-0.39, 0.29) is 0 Å². The Bertz CT molecular complexity index is 561. The van der Waals surface area contributed by atoms with E-state index < -0.39 is 61.7 Å². The van der Waals surface area contributed by atoms with Gasteiger partial charge < -0.3 is 5.26 Å². The highest BCUT2D eigenvalue weighted by Crippen LogP contribution is 2.32. The van der Waals surface area contributed by atoms with Crippen molar-refractivity contribution in [2.75, 3.05) is 0 Å². The first-order chi connectivity index (χ1) is 8.69. The second-order valence-corrected chi connectivity index (χ2v) is 5.04. The van der Waals surface area contributed by atoms with Crippen LogP contribution in [-0.2, 0) is 25.3 Å². The van der Waals surface area contributed by atoms with Gasteiger partial charge >= 0.3 is 10.2 Å². The van der Waals surface area contributed by atoms with Gasteiger partial charge in [-0.1, -0.05) is 0 Å². The summed E-state index contributed by atoms with van der Waals surface area (Å²) in [5, 5.41) is 12.2. The summed E-state index contributed by atoms with van der Waals surface area (Å²) < 4.78 is 89.3. The van der Waals surface area contributed by atoms with Crippen molar-refractivity contribution in [3.63, 3.8) is 0 Å². The fourth-order valence-electron chi connectivity index (χ4n) is 1.08. The van der Waals surface area contributed by atoms with E-state index in [1.165, 1.54) is 0 Å². The lowest BCUT2D eigenvalue weighted by Gasteiger charge is -2.10. The number of hydrogen-bond donors (Lipinski definition) is 0. The smallest absolute Gasteiger partial charge is 0.306 e. The molecule has 19 heavy (non-hydrogen) atoms. The fourth-order valence-corrected chi connectivity index (χ4v) is 2.10. The van der Waals surface area contributed by atoms with Gasteiger partial charge in [0.1, 0.15) is 10.6 Å². The van der Waals surface area contributed by atoms with Gasteiger partial charge in [-0.05, 0) is 0 Å². The van der Waals surface area contributed by atoms with Crippen LogP contribution >= 0.6 is 12.0 Å². The summed E-state index contributed by atoms with van der Waals surface area (Å²) in [6, 6.07) is 0. The van der Waals surface area contributed by atoms with Crippen LogP contribution in [0.15, 0.2) is 4.90 Å². The van der Waals surface area contributed by atoms with E-state index in [2.05, 4.69) is 9.37 Å². The van der Waals surface area contributed by atoms with Crippen LogP contribution < -0.4 is 5.26 Å². The Morgan fingerprint density at radius 1 is 1.05 bits per heavy atom. The summed E-state index contributed by atoms with van der Waals surface area (Å²) in [6.45, 7) is 0. The minimum atomic E-state index is -5.41. The van der Waals surface area contributed by atoms with Crippen molar-refractivity contribution in [1.82, 2.24) is 0 Å². The van der Waals surface area contributed by atoms with E-state index >= 15 is 0 Å². The lowest BCUT2D eigenvalue weighted by molar-refractivity contribution is -0.777. The van der Waals surface area contributed by atoms with E-state index in [0.717, 1.165) is 0 Å². The quantitative estimate of drug-likeness (QED) is 0.203. The van der Waals surface area contributed by atoms with Crippen molar-refractivity contribution in [1.29, 1.82) is 0 Å². The third kappa shape index (κ3) is 3.76. The van der Waals surface area contributed by atoms with Gasteiger partial charge in [-0.3, -0.25) is 5.04 Å². The van der Waals surface area contributed by atoms with E-state index in [9.17, 15) is 35.1 Å². The topological polar surface area (TPSA) is 75.7 Å². The molecule has 1 rings (SSSR count). The predicted molar refractivity (Wildman–Crippen MR) is 48.0 cm³/mol. The molecule has 0 atom stereocenters. The van der Waals surface area contributed by atoms with Gasteiger partial charge in [-0.2, -0.15) is 12.8 Å². The number of halogens is 5. The van der Waals surface area contributed by atoms with Crippen molar-refractivity contribution in [2.45, 2.75) is 10.6 Å². The van der Waals surface area contributed by atoms with E-state index in [4.69, 9.17) is 0 Å².